The van der Waals surface area contributed by atoms with Gasteiger partial charge in [0.15, 0.2) is 5.82 Å². The molecule has 0 aliphatic heterocycles. The highest BCUT2D eigenvalue weighted by atomic mass is 16.5. The van der Waals surface area contributed by atoms with Gasteiger partial charge in [-0.25, -0.2) is 4.98 Å². The standard InChI is InChI=1S/C17H15N5O/c1-23-11-6-4-5-10(9-11)19-17-14-15(21-22-16(14)18)12-7-2-3-8-13(12)20-17/h2-9H,1H3,(H,19,20)(H3,18,21,22). The number of methoxy groups -OCH3 is 1. The van der Waals surface area contributed by atoms with Gasteiger partial charge in [0.2, 0.25) is 0 Å². The number of aromatic nitrogens is 3. The summed E-state index contributed by atoms with van der Waals surface area (Å²) in [6.45, 7) is 0. The smallest absolute Gasteiger partial charge is 0.156 e. The van der Waals surface area contributed by atoms with Crippen molar-refractivity contribution in [1.29, 1.82) is 0 Å². The summed E-state index contributed by atoms with van der Waals surface area (Å²) < 4.78 is 5.26. The molecule has 0 saturated carbocycles. The Balaban J connectivity index is 1.92. The fraction of sp³-hybridized carbons (Fsp3) is 0.0588. The molecular weight excluding hydrogens is 290 g/mol. The molecule has 4 rings (SSSR count). The molecule has 0 aliphatic carbocycles. The molecule has 0 unspecified atom stereocenters. The van der Waals surface area contributed by atoms with Crippen LogP contribution in [0.5, 0.6) is 5.75 Å². The molecule has 23 heavy (non-hydrogen) atoms. The number of anilines is 3. The zero-order valence-corrected chi connectivity index (χ0v) is 12.5. The van der Waals surface area contributed by atoms with Gasteiger partial charge >= 0.3 is 0 Å². The Hall–Kier alpha value is -3.28. The van der Waals surface area contributed by atoms with Crippen molar-refractivity contribution < 1.29 is 4.74 Å². The van der Waals surface area contributed by atoms with E-state index in [0.717, 1.165) is 33.2 Å². The third kappa shape index (κ3) is 2.20. The van der Waals surface area contributed by atoms with Crippen LogP contribution in [0.2, 0.25) is 0 Å². The Labute approximate surface area is 132 Å². The van der Waals surface area contributed by atoms with Crippen molar-refractivity contribution in [2.45, 2.75) is 0 Å². The van der Waals surface area contributed by atoms with Gasteiger partial charge in [0, 0.05) is 17.1 Å². The first-order valence-electron chi connectivity index (χ1n) is 7.19. The molecule has 4 N–H and O–H groups in total. The molecule has 0 saturated heterocycles. The summed E-state index contributed by atoms with van der Waals surface area (Å²) >= 11 is 0. The molecule has 2 aromatic carbocycles. The van der Waals surface area contributed by atoms with E-state index in [4.69, 9.17) is 15.5 Å². The van der Waals surface area contributed by atoms with Gasteiger partial charge in [0.05, 0.1) is 23.5 Å². The van der Waals surface area contributed by atoms with Crippen LogP contribution >= 0.6 is 0 Å². The van der Waals surface area contributed by atoms with E-state index >= 15 is 0 Å². The summed E-state index contributed by atoms with van der Waals surface area (Å²) in [6.07, 6.45) is 0. The van der Waals surface area contributed by atoms with Crippen molar-refractivity contribution in [2.75, 3.05) is 18.2 Å². The van der Waals surface area contributed by atoms with E-state index in [0.29, 0.717) is 11.6 Å². The van der Waals surface area contributed by atoms with Crippen LogP contribution in [0.15, 0.2) is 48.5 Å². The minimum atomic E-state index is 0.420. The number of para-hydroxylation sites is 1. The zero-order valence-electron chi connectivity index (χ0n) is 12.5. The van der Waals surface area contributed by atoms with Crippen LogP contribution in [0.25, 0.3) is 21.8 Å². The van der Waals surface area contributed by atoms with Crippen molar-refractivity contribution in [2.24, 2.45) is 0 Å². The number of nitrogens with zero attached hydrogens (tertiary/aromatic N) is 2. The van der Waals surface area contributed by atoms with Gasteiger partial charge in [-0.15, -0.1) is 0 Å². The lowest BCUT2D eigenvalue weighted by molar-refractivity contribution is 0.415. The molecule has 114 valence electrons. The number of nitrogens with one attached hydrogen (secondary N) is 2. The second-order valence-electron chi connectivity index (χ2n) is 5.19. The molecule has 0 bridgehead atoms. The van der Waals surface area contributed by atoms with Crippen LogP contribution in [-0.4, -0.2) is 22.3 Å². The minimum absolute atomic E-state index is 0.420. The van der Waals surface area contributed by atoms with Gasteiger partial charge in [-0.05, 0) is 18.2 Å². The van der Waals surface area contributed by atoms with E-state index in [9.17, 15) is 0 Å². The number of hydrogen-bond acceptors (Lipinski definition) is 5. The lowest BCUT2D eigenvalue weighted by atomic mass is 10.1. The molecule has 2 aromatic heterocycles. The number of fused-ring (bicyclic) bond motifs is 3. The van der Waals surface area contributed by atoms with E-state index in [2.05, 4.69) is 15.5 Å². The fourth-order valence-corrected chi connectivity index (χ4v) is 2.68. The number of rotatable bonds is 3. The number of nitrogen functional groups attached to an aromatic ring is 1. The lowest BCUT2D eigenvalue weighted by Crippen LogP contribution is -1.97. The summed E-state index contributed by atoms with van der Waals surface area (Å²) in [7, 11) is 1.64. The van der Waals surface area contributed by atoms with Crippen LogP contribution < -0.4 is 15.8 Å². The molecule has 2 heterocycles. The highest BCUT2D eigenvalue weighted by molar-refractivity contribution is 6.12. The monoisotopic (exact) mass is 305 g/mol. The zero-order chi connectivity index (χ0) is 15.8. The Morgan fingerprint density at radius 2 is 2.00 bits per heavy atom. The highest BCUT2D eigenvalue weighted by Crippen LogP contribution is 2.33. The van der Waals surface area contributed by atoms with Gasteiger partial charge in [-0.3, -0.25) is 5.10 Å². The van der Waals surface area contributed by atoms with E-state index in [1.165, 1.54) is 0 Å². The molecule has 0 atom stereocenters. The van der Waals surface area contributed by atoms with E-state index in [1.54, 1.807) is 7.11 Å². The maximum absolute atomic E-state index is 6.03. The van der Waals surface area contributed by atoms with E-state index in [-0.39, 0.29) is 0 Å². The average molecular weight is 305 g/mol. The first kappa shape index (κ1) is 13.4. The highest BCUT2D eigenvalue weighted by Gasteiger charge is 2.14. The Morgan fingerprint density at radius 1 is 1.13 bits per heavy atom. The largest absolute Gasteiger partial charge is 0.497 e. The van der Waals surface area contributed by atoms with Gasteiger partial charge < -0.3 is 15.8 Å². The third-order valence-electron chi connectivity index (χ3n) is 3.77. The topological polar surface area (TPSA) is 88.8 Å². The lowest BCUT2D eigenvalue weighted by Gasteiger charge is -2.10. The number of benzene rings is 2. The number of aromatic amines is 1. The molecule has 0 radical (unpaired) electrons. The van der Waals surface area contributed by atoms with Crippen molar-refractivity contribution >= 4 is 39.1 Å². The summed E-state index contributed by atoms with van der Waals surface area (Å²) in [5, 5.41) is 12.2. The third-order valence-corrected chi connectivity index (χ3v) is 3.77. The van der Waals surface area contributed by atoms with E-state index < -0.39 is 0 Å². The summed E-state index contributed by atoms with van der Waals surface area (Å²) in [4.78, 5) is 4.70. The predicted octanol–water partition coefficient (Wildman–Crippen LogP) is 3.45. The molecule has 6 heteroatoms. The van der Waals surface area contributed by atoms with Crippen LogP contribution in [-0.2, 0) is 0 Å². The number of nitrogens with two attached hydrogens (primary N) is 1. The van der Waals surface area contributed by atoms with Gasteiger partial charge in [0.1, 0.15) is 11.6 Å². The second kappa shape index (κ2) is 5.17. The van der Waals surface area contributed by atoms with Crippen molar-refractivity contribution in [3.05, 3.63) is 48.5 Å². The number of hydrogen-bond donors (Lipinski definition) is 3. The van der Waals surface area contributed by atoms with Gasteiger partial charge in [0.25, 0.3) is 0 Å². The molecule has 0 aliphatic rings. The maximum Gasteiger partial charge on any atom is 0.156 e. The molecule has 0 fully saturated rings. The van der Waals surface area contributed by atoms with Crippen molar-refractivity contribution in [1.82, 2.24) is 15.2 Å². The first-order valence-corrected chi connectivity index (χ1v) is 7.19. The molecule has 6 nitrogen and oxygen atoms in total. The fourth-order valence-electron chi connectivity index (χ4n) is 2.68. The molecular formula is C17H15N5O. The number of ether oxygens (including phenoxy) is 1. The number of pyridine rings is 1. The second-order valence-corrected chi connectivity index (χ2v) is 5.19. The van der Waals surface area contributed by atoms with Crippen LogP contribution in [0, 0.1) is 0 Å². The normalized spacial score (nSPS) is 11.0. The van der Waals surface area contributed by atoms with Gasteiger partial charge in [-0.2, -0.15) is 5.10 Å². The number of H-pyrrole nitrogens is 1. The Kier molecular flexibility index (Phi) is 3.01. The van der Waals surface area contributed by atoms with Crippen molar-refractivity contribution in [3.8, 4) is 5.75 Å². The maximum atomic E-state index is 6.03. The summed E-state index contributed by atoms with van der Waals surface area (Å²) in [5.41, 5.74) is 8.64. The summed E-state index contributed by atoms with van der Waals surface area (Å²) in [5.74, 6) is 1.86. The Bertz CT molecular complexity index is 1010. The predicted molar refractivity (Wildman–Crippen MR) is 92.1 cm³/mol. The van der Waals surface area contributed by atoms with Crippen LogP contribution in [0.1, 0.15) is 0 Å². The van der Waals surface area contributed by atoms with Crippen LogP contribution in [0.4, 0.5) is 17.3 Å². The minimum Gasteiger partial charge on any atom is -0.497 e. The van der Waals surface area contributed by atoms with Crippen molar-refractivity contribution in [3.63, 3.8) is 0 Å². The average Bonchev–Trinajstić information content (AvgIpc) is 2.98. The van der Waals surface area contributed by atoms with Crippen LogP contribution in [0.3, 0.4) is 0 Å². The SMILES string of the molecule is COc1cccc(Nc2nc3ccccc3c3[nH]nc(N)c23)c1. The molecule has 4 aromatic rings. The van der Waals surface area contributed by atoms with Gasteiger partial charge in [-0.1, -0.05) is 24.3 Å². The van der Waals surface area contributed by atoms with E-state index in [1.807, 2.05) is 48.5 Å². The Morgan fingerprint density at radius 3 is 2.87 bits per heavy atom. The molecule has 0 amide bonds. The summed E-state index contributed by atoms with van der Waals surface area (Å²) in [6, 6.07) is 15.5. The first-order chi connectivity index (χ1) is 11.3. The quantitative estimate of drug-likeness (QED) is 0.539. The molecule has 0 spiro atoms.